The van der Waals surface area contributed by atoms with Gasteiger partial charge in [-0.1, -0.05) is 29.5 Å². The van der Waals surface area contributed by atoms with E-state index in [0.29, 0.717) is 36.3 Å². The molecule has 1 aliphatic heterocycles. The molecule has 3 atom stereocenters. The van der Waals surface area contributed by atoms with E-state index >= 15 is 0 Å². The Balaban J connectivity index is 2.58. The second-order valence-electron chi connectivity index (χ2n) is 6.98. The molecule has 1 aromatic heterocycles. The first-order chi connectivity index (χ1) is 13.4. The van der Waals surface area contributed by atoms with Crippen LogP contribution in [0.2, 0.25) is 0 Å². The zero-order chi connectivity index (χ0) is 20.7. The standard InChI is InChI=1S/C19H29BrINO6/c1-19(6-9-24-2)14(27-8-5-7-21)11-22-10-13(20)16(23)17(26-4)15(22)18(19)28-12-25-3/h10,14,18H,5-9,11-12H2,1-4H3. The van der Waals surface area contributed by atoms with Crippen LogP contribution in [0.1, 0.15) is 31.6 Å². The lowest BCUT2D eigenvalue weighted by Gasteiger charge is -2.48. The summed E-state index contributed by atoms with van der Waals surface area (Å²) < 4.78 is 32.0. The van der Waals surface area contributed by atoms with E-state index in [1.807, 2.05) is 4.57 Å². The van der Waals surface area contributed by atoms with Crippen LogP contribution in [-0.2, 0) is 25.5 Å². The minimum absolute atomic E-state index is 0.0983. The summed E-state index contributed by atoms with van der Waals surface area (Å²) in [6, 6.07) is 0. The normalized spacial score (nSPS) is 24.2. The first-order valence-corrected chi connectivity index (χ1v) is 11.5. The molecule has 2 rings (SSSR count). The van der Waals surface area contributed by atoms with Gasteiger partial charge >= 0.3 is 0 Å². The summed E-state index contributed by atoms with van der Waals surface area (Å²) in [5, 5.41) is 0. The summed E-state index contributed by atoms with van der Waals surface area (Å²) in [4.78, 5) is 12.7. The fourth-order valence-corrected chi connectivity index (χ4v) is 4.39. The Labute approximate surface area is 188 Å². The van der Waals surface area contributed by atoms with Gasteiger partial charge in [-0.25, -0.2) is 0 Å². The molecule has 9 heteroatoms. The van der Waals surface area contributed by atoms with Crippen molar-refractivity contribution in [3.63, 3.8) is 0 Å². The Morgan fingerprint density at radius 1 is 1.25 bits per heavy atom. The number of alkyl halides is 1. The van der Waals surface area contributed by atoms with E-state index in [0.717, 1.165) is 10.8 Å². The van der Waals surface area contributed by atoms with Crippen LogP contribution in [0.3, 0.4) is 0 Å². The Morgan fingerprint density at radius 3 is 2.61 bits per heavy atom. The van der Waals surface area contributed by atoms with Crippen LogP contribution >= 0.6 is 38.5 Å². The minimum Gasteiger partial charge on any atom is -0.491 e. The highest BCUT2D eigenvalue weighted by Crippen LogP contribution is 2.49. The number of nitrogens with zero attached hydrogens (tertiary/aromatic N) is 1. The number of methoxy groups -OCH3 is 3. The zero-order valence-electron chi connectivity index (χ0n) is 16.8. The molecule has 28 heavy (non-hydrogen) atoms. The highest BCUT2D eigenvalue weighted by atomic mass is 127. The maximum atomic E-state index is 12.7. The summed E-state index contributed by atoms with van der Waals surface area (Å²) in [5.74, 6) is 0.282. The lowest BCUT2D eigenvalue weighted by atomic mass is 9.72. The van der Waals surface area contributed by atoms with E-state index in [2.05, 4.69) is 45.4 Å². The van der Waals surface area contributed by atoms with Gasteiger partial charge in [-0.05, 0) is 28.8 Å². The molecule has 0 saturated carbocycles. The Kier molecular flexibility index (Phi) is 9.68. The number of ether oxygens (including phenoxy) is 5. The van der Waals surface area contributed by atoms with Gasteiger partial charge in [-0.2, -0.15) is 0 Å². The summed E-state index contributed by atoms with van der Waals surface area (Å²) in [6.45, 7) is 4.04. The van der Waals surface area contributed by atoms with E-state index in [1.54, 1.807) is 20.4 Å². The average molecular weight is 574 g/mol. The zero-order valence-corrected chi connectivity index (χ0v) is 20.6. The van der Waals surface area contributed by atoms with Gasteiger partial charge in [-0.15, -0.1) is 0 Å². The molecule has 160 valence electrons. The third kappa shape index (κ3) is 5.10. The molecule has 0 bridgehead atoms. The molecule has 0 aromatic carbocycles. The van der Waals surface area contributed by atoms with Gasteiger partial charge in [0.25, 0.3) is 0 Å². The predicted molar refractivity (Wildman–Crippen MR) is 119 cm³/mol. The number of pyridine rings is 1. The van der Waals surface area contributed by atoms with Crippen LogP contribution < -0.4 is 10.2 Å². The van der Waals surface area contributed by atoms with Gasteiger partial charge in [-0.3, -0.25) is 4.79 Å². The Morgan fingerprint density at radius 2 is 2.00 bits per heavy atom. The molecule has 0 aliphatic carbocycles. The third-order valence-corrected chi connectivity index (χ3v) is 6.51. The van der Waals surface area contributed by atoms with Crippen molar-refractivity contribution >= 4 is 38.5 Å². The molecular weight excluding hydrogens is 545 g/mol. The van der Waals surface area contributed by atoms with Gasteiger partial charge < -0.3 is 28.3 Å². The van der Waals surface area contributed by atoms with Crippen LogP contribution in [0.4, 0.5) is 0 Å². The van der Waals surface area contributed by atoms with Gasteiger partial charge in [0.1, 0.15) is 12.9 Å². The van der Waals surface area contributed by atoms with Crippen LogP contribution in [-0.4, -0.2) is 56.4 Å². The second-order valence-corrected chi connectivity index (χ2v) is 8.91. The van der Waals surface area contributed by atoms with E-state index in [1.165, 1.54) is 7.11 Å². The van der Waals surface area contributed by atoms with Crippen molar-refractivity contribution in [3.8, 4) is 5.75 Å². The summed E-state index contributed by atoms with van der Waals surface area (Å²) in [7, 11) is 4.77. The number of halogens is 2. The van der Waals surface area contributed by atoms with Crippen molar-refractivity contribution in [2.24, 2.45) is 5.41 Å². The van der Waals surface area contributed by atoms with Crippen molar-refractivity contribution < 1.29 is 23.7 Å². The summed E-state index contributed by atoms with van der Waals surface area (Å²) in [6.07, 6.45) is 2.91. The Hall–Kier alpha value is -0.200. The molecule has 0 radical (unpaired) electrons. The largest absolute Gasteiger partial charge is 0.491 e. The van der Waals surface area contributed by atoms with Crippen molar-refractivity contribution in [2.45, 2.75) is 38.5 Å². The molecule has 0 fully saturated rings. The molecule has 0 N–H and O–H groups in total. The van der Waals surface area contributed by atoms with Crippen LogP contribution in [0.15, 0.2) is 15.5 Å². The monoisotopic (exact) mass is 573 g/mol. The second kappa shape index (κ2) is 11.3. The fraction of sp³-hybridized carbons (Fsp3) is 0.737. The summed E-state index contributed by atoms with van der Waals surface area (Å²) >= 11 is 5.70. The highest BCUT2D eigenvalue weighted by molar-refractivity contribution is 14.1. The van der Waals surface area contributed by atoms with E-state index < -0.39 is 11.5 Å². The molecule has 0 amide bonds. The molecule has 0 saturated heterocycles. The van der Waals surface area contributed by atoms with Gasteiger partial charge in [0.15, 0.2) is 5.75 Å². The topological polar surface area (TPSA) is 68.2 Å². The number of rotatable bonds is 11. The lowest BCUT2D eigenvalue weighted by Crippen LogP contribution is -2.50. The first kappa shape index (κ1) is 24.1. The van der Waals surface area contributed by atoms with Crippen molar-refractivity contribution in [1.82, 2.24) is 4.57 Å². The van der Waals surface area contributed by atoms with Crippen molar-refractivity contribution in [3.05, 3.63) is 26.6 Å². The highest BCUT2D eigenvalue weighted by Gasteiger charge is 2.50. The van der Waals surface area contributed by atoms with Crippen LogP contribution in [0.25, 0.3) is 0 Å². The maximum Gasteiger partial charge on any atom is 0.237 e. The first-order valence-electron chi connectivity index (χ1n) is 9.18. The number of hydrogen-bond donors (Lipinski definition) is 0. The number of fused-ring (bicyclic) bond motifs is 1. The SMILES string of the molecule is COCCC1(C)C(OCCCI)Cn2cc(Br)c(=O)c(OC)c2C1OCOC. The molecule has 1 aromatic rings. The molecule has 1 aliphatic rings. The third-order valence-electron chi connectivity index (χ3n) is 5.18. The molecule has 3 unspecified atom stereocenters. The van der Waals surface area contributed by atoms with Crippen LogP contribution in [0.5, 0.6) is 5.75 Å². The van der Waals surface area contributed by atoms with Crippen molar-refractivity contribution in [1.29, 1.82) is 0 Å². The molecular formula is C19H29BrINO6. The van der Waals surface area contributed by atoms with Gasteiger partial charge in [0.2, 0.25) is 5.43 Å². The molecule has 0 spiro atoms. The minimum atomic E-state index is -0.447. The Bertz CT molecular complexity index is 700. The van der Waals surface area contributed by atoms with Gasteiger partial charge in [0.05, 0.1) is 23.4 Å². The number of hydrogen-bond acceptors (Lipinski definition) is 6. The average Bonchev–Trinajstić information content (AvgIpc) is 2.68. The number of aromatic nitrogens is 1. The van der Waals surface area contributed by atoms with E-state index in [9.17, 15) is 4.79 Å². The molecule has 7 nitrogen and oxygen atoms in total. The quantitative estimate of drug-likeness (QED) is 0.175. The van der Waals surface area contributed by atoms with Crippen LogP contribution in [0, 0.1) is 5.41 Å². The van der Waals surface area contributed by atoms with E-state index in [4.69, 9.17) is 23.7 Å². The summed E-state index contributed by atoms with van der Waals surface area (Å²) in [5.41, 5.74) is 0.0890. The van der Waals surface area contributed by atoms with Crippen molar-refractivity contribution in [2.75, 3.05) is 45.8 Å². The lowest BCUT2D eigenvalue weighted by molar-refractivity contribution is -0.183. The smallest absolute Gasteiger partial charge is 0.237 e. The van der Waals surface area contributed by atoms with Gasteiger partial charge in [0, 0.05) is 50.0 Å². The van der Waals surface area contributed by atoms with E-state index in [-0.39, 0.29) is 24.1 Å². The fourth-order valence-electron chi connectivity index (χ4n) is 3.65. The predicted octanol–water partition coefficient (Wildman–Crippen LogP) is 3.55. The maximum absolute atomic E-state index is 12.7. The molecule has 2 heterocycles.